The zero-order chi connectivity index (χ0) is 35.0. The van der Waals surface area contributed by atoms with Crippen LogP contribution >= 0.6 is 15.9 Å². The van der Waals surface area contributed by atoms with Crippen molar-refractivity contribution in [2.45, 2.75) is 71.2 Å². The number of hydrogen-bond donors (Lipinski definition) is 2. The summed E-state index contributed by atoms with van der Waals surface area (Å²) < 4.78 is 22.4. The van der Waals surface area contributed by atoms with Crippen LogP contribution in [-0.4, -0.2) is 84.0 Å². The van der Waals surface area contributed by atoms with Gasteiger partial charge >= 0.3 is 0 Å². The minimum Gasteiger partial charge on any atom is -0.493 e. The zero-order valence-electron chi connectivity index (χ0n) is 30.2. The van der Waals surface area contributed by atoms with Crippen molar-refractivity contribution in [3.63, 3.8) is 0 Å². The molecule has 0 saturated carbocycles. The highest BCUT2D eigenvalue weighted by atomic mass is 79.9. The lowest BCUT2D eigenvalue weighted by molar-refractivity contribution is -0.103. The van der Waals surface area contributed by atoms with Gasteiger partial charge in [-0.05, 0) is 76.2 Å². The molecule has 2 atom stereocenters. The Morgan fingerprint density at radius 2 is 1.92 bits per heavy atom. The number of halogens is 1. The van der Waals surface area contributed by atoms with Gasteiger partial charge in [0, 0.05) is 65.9 Å². The van der Waals surface area contributed by atoms with Crippen LogP contribution < -0.4 is 10.1 Å². The Morgan fingerprint density at radius 1 is 1.10 bits per heavy atom. The van der Waals surface area contributed by atoms with E-state index >= 15 is 0 Å². The first-order valence-corrected chi connectivity index (χ1v) is 19.5. The molecular formula is C40H54BrN5O4. The molecule has 2 aliphatic rings. The van der Waals surface area contributed by atoms with Crippen LogP contribution in [0.5, 0.6) is 5.75 Å². The van der Waals surface area contributed by atoms with Gasteiger partial charge < -0.3 is 29.2 Å². The van der Waals surface area contributed by atoms with Gasteiger partial charge in [0.2, 0.25) is 0 Å². The van der Waals surface area contributed by atoms with E-state index in [1.807, 2.05) is 14.0 Å². The van der Waals surface area contributed by atoms with Gasteiger partial charge in [-0.15, -0.1) is 0 Å². The van der Waals surface area contributed by atoms with Crippen molar-refractivity contribution in [3.8, 4) is 16.9 Å². The maximum atomic E-state index is 11.6. The Bertz CT molecular complexity index is 1760. The molecule has 4 aromatic rings. The third-order valence-electron chi connectivity index (χ3n) is 10.1. The lowest BCUT2D eigenvalue weighted by atomic mass is 9.90. The number of benzene rings is 2. The number of rotatable bonds is 17. The maximum absolute atomic E-state index is 11.6. The fourth-order valence-electron chi connectivity index (χ4n) is 7.65. The summed E-state index contributed by atoms with van der Waals surface area (Å²) in [6.07, 6.45) is 6.96. The summed E-state index contributed by atoms with van der Waals surface area (Å²) in [7, 11) is 1.98. The molecule has 9 nitrogen and oxygen atoms in total. The van der Waals surface area contributed by atoms with E-state index in [9.17, 15) is 5.11 Å². The number of alkyl halides is 1. The van der Waals surface area contributed by atoms with E-state index in [1.165, 1.54) is 11.1 Å². The Morgan fingerprint density at radius 3 is 2.70 bits per heavy atom. The number of nitrogens with zero attached hydrogens (tertiary/aromatic N) is 4. The van der Waals surface area contributed by atoms with E-state index in [4.69, 9.17) is 19.3 Å². The smallest absolute Gasteiger partial charge is 0.196 e. The molecule has 0 radical (unpaired) electrons. The summed E-state index contributed by atoms with van der Waals surface area (Å²) in [6.45, 7) is 14.3. The van der Waals surface area contributed by atoms with E-state index in [1.54, 1.807) is 0 Å². The number of aryl methyl sites for hydroxylation is 2. The van der Waals surface area contributed by atoms with E-state index in [0.717, 1.165) is 129 Å². The largest absolute Gasteiger partial charge is 0.493 e. The average Bonchev–Trinajstić information content (AvgIpc) is 3.63. The lowest BCUT2D eigenvalue weighted by Crippen LogP contribution is -2.38. The fourth-order valence-corrected chi connectivity index (χ4v) is 8.04. The number of aliphatic hydroxyl groups is 1. The number of para-hydroxylation sites is 1. The molecule has 1 aliphatic heterocycles. The van der Waals surface area contributed by atoms with Gasteiger partial charge in [-0.2, -0.15) is 5.10 Å². The number of nitrogens with one attached hydrogen (secondary N) is 1. The van der Waals surface area contributed by atoms with E-state index < -0.39 is 6.29 Å². The molecule has 2 aromatic heterocycles. The van der Waals surface area contributed by atoms with Crippen LogP contribution in [0.1, 0.15) is 66.8 Å². The molecule has 10 heteroatoms. The third kappa shape index (κ3) is 8.06. The van der Waals surface area contributed by atoms with Crippen LogP contribution in [0.3, 0.4) is 0 Å². The molecule has 1 saturated heterocycles. The summed E-state index contributed by atoms with van der Waals surface area (Å²) in [5, 5.41) is 21.8. The molecule has 6 rings (SSSR count). The highest BCUT2D eigenvalue weighted by Gasteiger charge is 2.27. The molecule has 0 spiro atoms. The number of aliphatic hydroxyl groups excluding tert-OH is 1. The van der Waals surface area contributed by atoms with Gasteiger partial charge in [0.15, 0.2) is 6.29 Å². The summed E-state index contributed by atoms with van der Waals surface area (Å²) in [6, 6.07) is 13.0. The predicted octanol–water partition coefficient (Wildman–Crippen LogP) is 6.89. The molecule has 2 unspecified atom stereocenters. The van der Waals surface area contributed by atoms with Crippen molar-refractivity contribution >= 4 is 32.9 Å². The van der Waals surface area contributed by atoms with Gasteiger partial charge in [-0.1, -0.05) is 65.3 Å². The van der Waals surface area contributed by atoms with E-state index in [2.05, 4.69) is 97.8 Å². The topological polar surface area (TPSA) is 85.9 Å². The monoisotopic (exact) mass is 747 g/mol. The highest BCUT2D eigenvalue weighted by molar-refractivity contribution is 9.08. The molecule has 1 aliphatic carbocycles. The Labute approximate surface area is 305 Å². The second-order valence-electron chi connectivity index (χ2n) is 13.5. The second-order valence-corrected chi connectivity index (χ2v) is 14.1. The van der Waals surface area contributed by atoms with Crippen molar-refractivity contribution < 1.29 is 19.3 Å². The number of fused-ring (bicyclic) bond motifs is 2. The molecule has 2 N–H and O–H groups in total. The standard InChI is InChI=1S/C40H54BrN5O4/c1-5-49-40(47)39-33(13-8-23-50-36-14-6-10-30-26-28(2)15-16-31(30)36)32-11-7-12-34(38(32)45(39)18-9-17-42-4)37-29(3)46(43-35(37)27-41)20-19-44-21-24-48-25-22-44/h6-7,10-12,14-16,28,40,42,47H,5,8-9,13,17-27H2,1-4H3. The quantitative estimate of drug-likeness (QED) is 0.0691. The molecule has 270 valence electrons. The van der Waals surface area contributed by atoms with E-state index in [0.29, 0.717) is 24.5 Å². The molecule has 50 heavy (non-hydrogen) atoms. The van der Waals surface area contributed by atoms with Crippen molar-refractivity contribution in [2.75, 3.05) is 59.7 Å². The maximum Gasteiger partial charge on any atom is 0.196 e. The molecule has 0 amide bonds. The first-order valence-electron chi connectivity index (χ1n) is 18.4. The second kappa shape index (κ2) is 17.5. The van der Waals surface area contributed by atoms with Crippen LogP contribution in [-0.2, 0) is 40.7 Å². The average molecular weight is 749 g/mol. The summed E-state index contributed by atoms with van der Waals surface area (Å²) in [5.41, 5.74) is 10.1. The van der Waals surface area contributed by atoms with Crippen LogP contribution in [0, 0.1) is 12.8 Å². The van der Waals surface area contributed by atoms with Gasteiger partial charge in [-0.3, -0.25) is 9.58 Å². The Balaban J connectivity index is 1.36. The Hall–Kier alpha value is -2.99. The SMILES string of the molecule is CCOC(O)c1c(CCCOc2cccc3c2C=CC(C)C3)c2cccc(-c3c(CBr)nn(CCN4CCOCC4)c3C)c2n1CCCNC. The van der Waals surface area contributed by atoms with Crippen molar-refractivity contribution in [3.05, 3.63) is 76.2 Å². The minimum absolute atomic E-state index is 0.419. The van der Waals surface area contributed by atoms with Crippen molar-refractivity contribution in [1.29, 1.82) is 0 Å². The van der Waals surface area contributed by atoms with Gasteiger partial charge in [0.25, 0.3) is 0 Å². The zero-order valence-corrected chi connectivity index (χ0v) is 31.8. The summed E-state index contributed by atoms with van der Waals surface area (Å²) in [4.78, 5) is 2.45. The van der Waals surface area contributed by atoms with Crippen LogP contribution in [0.25, 0.3) is 28.1 Å². The molecule has 0 bridgehead atoms. The number of ether oxygens (including phenoxy) is 3. The molecule has 3 heterocycles. The highest BCUT2D eigenvalue weighted by Crippen LogP contribution is 2.41. The number of morpholine rings is 1. The van der Waals surface area contributed by atoms with Crippen LogP contribution in [0.4, 0.5) is 0 Å². The first kappa shape index (κ1) is 36.8. The van der Waals surface area contributed by atoms with E-state index in [-0.39, 0.29) is 0 Å². The van der Waals surface area contributed by atoms with Gasteiger partial charge in [0.05, 0.1) is 43.3 Å². The lowest BCUT2D eigenvalue weighted by Gasteiger charge is -2.26. The van der Waals surface area contributed by atoms with Crippen molar-refractivity contribution in [1.82, 2.24) is 24.6 Å². The number of aromatic nitrogens is 3. The predicted molar refractivity (Wildman–Crippen MR) is 205 cm³/mol. The minimum atomic E-state index is -1.04. The van der Waals surface area contributed by atoms with Gasteiger partial charge in [0.1, 0.15) is 5.75 Å². The first-order chi connectivity index (χ1) is 24.4. The van der Waals surface area contributed by atoms with Crippen LogP contribution in [0.2, 0.25) is 0 Å². The number of allylic oxidation sites excluding steroid dienone is 1. The van der Waals surface area contributed by atoms with Crippen LogP contribution in [0.15, 0.2) is 42.5 Å². The summed E-state index contributed by atoms with van der Waals surface area (Å²) >= 11 is 3.77. The number of hydrogen-bond acceptors (Lipinski definition) is 7. The molecule has 2 aromatic carbocycles. The van der Waals surface area contributed by atoms with Crippen molar-refractivity contribution in [2.24, 2.45) is 5.92 Å². The molecular weight excluding hydrogens is 694 g/mol. The normalized spacial score (nSPS) is 17.0. The molecule has 1 fully saturated rings. The Kier molecular flexibility index (Phi) is 12.9. The fraction of sp³-hybridized carbons (Fsp3) is 0.525. The summed E-state index contributed by atoms with van der Waals surface area (Å²) in [5.74, 6) is 1.49. The third-order valence-corrected chi connectivity index (χ3v) is 10.7. The van der Waals surface area contributed by atoms with Gasteiger partial charge in [-0.25, -0.2) is 0 Å².